The second-order valence-electron chi connectivity index (χ2n) is 24.5. The molecule has 0 aliphatic rings. The Morgan fingerprint density at radius 1 is 0.241 bits per heavy atom. The number of ether oxygens (including phenoxy) is 3. The fraction of sp³-hybridized carbons (Fsp3) is 0.904. The molecule has 0 N–H and O–H groups in total. The highest BCUT2D eigenvalue weighted by Gasteiger charge is 2.19. The van der Waals surface area contributed by atoms with Crippen LogP contribution in [-0.4, -0.2) is 37.2 Å². The molecule has 0 aliphatic heterocycles. The maximum Gasteiger partial charge on any atom is 0.306 e. The van der Waals surface area contributed by atoms with E-state index in [-0.39, 0.29) is 31.1 Å². The van der Waals surface area contributed by atoms with Gasteiger partial charge < -0.3 is 14.2 Å². The maximum absolute atomic E-state index is 12.9. The first-order chi connectivity index (χ1) is 39.0. The zero-order valence-electron chi connectivity index (χ0n) is 53.7. The largest absolute Gasteiger partial charge is 0.462 e. The first-order valence-electron chi connectivity index (χ1n) is 35.8. The highest BCUT2D eigenvalue weighted by atomic mass is 16.6. The van der Waals surface area contributed by atoms with Crippen LogP contribution in [-0.2, 0) is 28.6 Å². The zero-order valence-corrected chi connectivity index (χ0v) is 53.7. The summed E-state index contributed by atoms with van der Waals surface area (Å²) in [5.41, 5.74) is 0. The average molecular weight is 1110 g/mol. The lowest BCUT2D eigenvalue weighted by molar-refractivity contribution is -0.167. The molecular weight excluding hydrogens is 973 g/mol. The number of unbranched alkanes of at least 4 members (excludes halogenated alkanes) is 52. The number of carbonyl (C=O) groups excluding carboxylic acids is 3. The molecule has 466 valence electrons. The first kappa shape index (κ1) is 76.9. The molecular formula is C73H138O6. The zero-order chi connectivity index (χ0) is 57.1. The molecule has 1 unspecified atom stereocenters. The molecule has 0 saturated carbocycles. The van der Waals surface area contributed by atoms with Crippen molar-refractivity contribution in [3.05, 3.63) is 24.3 Å². The van der Waals surface area contributed by atoms with Crippen molar-refractivity contribution >= 4 is 17.9 Å². The number of rotatable bonds is 67. The van der Waals surface area contributed by atoms with E-state index in [1.807, 2.05) is 0 Å². The molecule has 0 bridgehead atoms. The van der Waals surface area contributed by atoms with Gasteiger partial charge in [-0.1, -0.05) is 340 Å². The smallest absolute Gasteiger partial charge is 0.306 e. The van der Waals surface area contributed by atoms with Crippen LogP contribution < -0.4 is 0 Å². The van der Waals surface area contributed by atoms with Crippen molar-refractivity contribution in [1.29, 1.82) is 0 Å². The van der Waals surface area contributed by atoms with Gasteiger partial charge in [0.2, 0.25) is 0 Å². The molecule has 1 atom stereocenters. The Morgan fingerprint density at radius 3 is 0.658 bits per heavy atom. The number of allylic oxidation sites excluding steroid dienone is 4. The van der Waals surface area contributed by atoms with E-state index in [0.29, 0.717) is 19.3 Å². The fourth-order valence-corrected chi connectivity index (χ4v) is 11.0. The van der Waals surface area contributed by atoms with Gasteiger partial charge in [-0.25, -0.2) is 0 Å². The van der Waals surface area contributed by atoms with Gasteiger partial charge in [0.1, 0.15) is 13.2 Å². The molecule has 0 amide bonds. The summed E-state index contributed by atoms with van der Waals surface area (Å²) in [5, 5.41) is 0. The van der Waals surface area contributed by atoms with E-state index in [1.54, 1.807) is 0 Å². The maximum atomic E-state index is 12.9. The molecule has 0 radical (unpaired) electrons. The molecule has 0 heterocycles. The van der Waals surface area contributed by atoms with Crippen molar-refractivity contribution in [3.8, 4) is 0 Å². The minimum absolute atomic E-state index is 0.0674. The average Bonchev–Trinajstić information content (AvgIpc) is 3.45. The van der Waals surface area contributed by atoms with E-state index in [4.69, 9.17) is 14.2 Å². The number of hydrogen-bond donors (Lipinski definition) is 0. The number of carbonyl (C=O) groups is 3. The second kappa shape index (κ2) is 68.4. The highest BCUT2D eigenvalue weighted by Crippen LogP contribution is 2.19. The van der Waals surface area contributed by atoms with E-state index >= 15 is 0 Å². The molecule has 0 aromatic heterocycles. The van der Waals surface area contributed by atoms with E-state index in [0.717, 1.165) is 64.2 Å². The summed E-state index contributed by atoms with van der Waals surface area (Å²) in [6.07, 6.45) is 83.7. The van der Waals surface area contributed by atoms with Crippen LogP contribution in [0.25, 0.3) is 0 Å². The Labute approximate surface area is 493 Å². The third kappa shape index (κ3) is 66.6. The van der Waals surface area contributed by atoms with E-state index in [1.165, 1.54) is 302 Å². The summed E-state index contributed by atoms with van der Waals surface area (Å²) < 4.78 is 17.0. The minimum atomic E-state index is -0.771. The number of hydrogen-bond acceptors (Lipinski definition) is 6. The molecule has 0 saturated heterocycles. The van der Waals surface area contributed by atoms with Crippen molar-refractivity contribution in [2.24, 2.45) is 0 Å². The Hall–Kier alpha value is -2.11. The normalized spacial score (nSPS) is 12.1. The SMILES string of the molecule is CCCCC/C=C\CCCCCCCC(=O)OCC(COC(=O)CCCCCCCCCCCCCCCCCCCCC/C=C\CCCCCCCCCC)OC(=O)CCCCCCCCCCCCCCCCCCCC. The van der Waals surface area contributed by atoms with Gasteiger partial charge in [0.15, 0.2) is 6.10 Å². The Balaban J connectivity index is 4.11. The van der Waals surface area contributed by atoms with Gasteiger partial charge in [0.25, 0.3) is 0 Å². The molecule has 0 fully saturated rings. The van der Waals surface area contributed by atoms with Crippen LogP contribution in [0.2, 0.25) is 0 Å². The first-order valence-corrected chi connectivity index (χ1v) is 35.8. The van der Waals surface area contributed by atoms with E-state index in [9.17, 15) is 14.4 Å². The topological polar surface area (TPSA) is 78.9 Å². The molecule has 0 aromatic rings. The molecule has 0 rings (SSSR count). The van der Waals surface area contributed by atoms with Crippen LogP contribution in [0.15, 0.2) is 24.3 Å². The minimum Gasteiger partial charge on any atom is -0.462 e. The lowest BCUT2D eigenvalue weighted by Gasteiger charge is -2.18. The molecule has 6 heteroatoms. The van der Waals surface area contributed by atoms with E-state index < -0.39 is 6.10 Å². The van der Waals surface area contributed by atoms with Crippen molar-refractivity contribution in [3.63, 3.8) is 0 Å². The summed E-state index contributed by atoms with van der Waals surface area (Å²) in [6.45, 7) is 6.69. The Morgan fingerprint density at radius 2 is 0.418 bits per heavy atom. The fourth-order valence-electron chi connectivity index (χ4n) is 11.0. The van der Waals surface area contributed by atoms with Crippen LogP contribution in [0.3, 0.4) is 0 Å². The van der Waals surface area contributed by atoms with Gasteiger partial charge in [-0.05, 0) is 70.6 Å². The van der Waals surface area contributed by atoms with Crippen molar-refractivity contribution < 1.29 is 28.6 Å². The quantitative estimate of drug-likeness (QED) is 0.0261. The van der Waals surface area contributed by atoms with Gasteiger partial charge in [0, 0.05) is 19.3 Å². The lowest BCUT2D eigenvalue weighted by atomic mass is 10.0. The second-order valence-corrected chi connectivity index (χ2v) is 24.5. The Bertz CT molecular complexity index is 1270. The Kier molecular flexibility index (Phi) is 66.6. The summed E-state index contributed by atoms with van der Waals surface area (Å²) in [4.78, 5) is 38.3. The molecule has 0 aliphatic carbocycles. The van der Waals surface area contributed by atoms with Crippen molar-refractivity contribution in [1.82, 2.24) is 0 Å². The molecule has 0 aromatic carbocycles. The van der Waals surface area contributed by atoms with Crippen LogP contribution in [0.1, 0.15) is 406 Å². The predicted molar refractivity (Wildman–Crippen MR) is 344 cm³/mol. The van der Waals surface area contributed by atoms with Crippen LogP contribution >= 0.6 is 0 Å². The standard InChI is InChI=1S/C73H138O6/c1-4-7-10-13-16-19-22-25-27-29-31-32-33-34-35-36-37-38-39-40-41-42-43-45-46-48-51-54-57-60-63-66-72(75)78-69-70(68-77-71(74)65-62-59-56-53-50-24-21-18-15-12-9-6-3)79-73(76)67-64-61-58-55-52-49-47-44-30-28-26-23-20-17-14-11-8-5-2/h18,21,29,31,70H,4-17,19-20,22-28,30,32-69H2,1-3H3/b21-18-,31-29-. The number of esters is 3. The summed E-state index contributed by atoms with van der Waals surface area (Å²) in [5.74, 6) is -0.846. The summed E-state index contributed by atoms with van der Waals surface area (Å²) >= 11 is 0. The third-order valence-electron chi connectivity index (χ3n) is 16.4. The molecule has 79 heavy (non-hydrogen) atoms. The molecule has 6 nitrogen and oxygen atoms in total. The van der Waals surface area contributed by atoms with Crippen LogP contribution in [0, 0.1) is 0 Å². The lowest BCUT2D eigenvalue weighted by Crippen LogP contribution is -2.30. The highest BCUT2D eigenvalue weighted by molar-refractivity contribution is 5.71. The van der Waals surface area contributed by atoms with Gasteiger partial charge in [-0.2, -0.15) is 0 Å². The monoisotopic (exact) mass is 1110 g/mol. The van der Waals surface area contributed by atoms with Crippen LogP contribution in [0.5, 0.6) is 0 Å². The van der Waals surface area contributed by atoms with Crippen LogP contribution in [0.4, 0.5) is 0 Å². The van der Waals surface area contributed by atoms with Gasteiger partial charge in [0.05, 0.1) is 0 Å². The van der Waals surface area contributed by atoms with Gasteiger partial charge >= 0.3 is 17.9 Å². The molecule has 0 spiro atoms. The summed E-state index contributed by atoms with van der Waals surface area (Å²) in [7, 11) is 0. The van der Waals surface area contributed by atoms with Crippen molar-refractivity contribution in [2.75, 3.05) is 13.2 Å². The van der Waals surface area contributed by atoms with Gasteiger partial charge in [-0.3, -0.25) is 14.4 Å². The van der Waals surface area contributed by atoms with Gasteiger partial charge in [-0.15, -0.1) is 0 Å². The predicted octanol–water partition coefficient (Wildman–Crippen LogP) is 24.6. The van der Waals surface area contributed by atoms with E-state index in [2.05, 4.69) is 45.1 Å². The summed E-state index contributed by atoms with van der Waals surface area (Å²) in [6, 6.07) is 0. The third-order valence-corrected chi connectivity index (χ3v) is 16.4. The van der Waals surface area contributed by atoms with Crippen molar-refractivity contribution in [2.45, 2.75) is 412 Å².